The molecule has 23 heavy (non-hydrogen) atoms. The second-order valence-electron chi connectivity index (χ2n) is 4.57. The Morgan fingerprint density at radius 1 is 1.48 bits per heavy atom. The van der Waals surface area contributed by atoms with Crippen molar-refractivity contribution in [2.45, 2.75) is 17.3 Å². The van der Waals surface area contributed by atoms with E-state index in [1.165, 1.54) is 13.2 Å². The zero-order chi connectivity index (χ0) is 17.0. The Bertz CT molecular complexity index is 781. The number of nitrogens with zero attached hydrogens (tertiary/aromatic N) is 1. The SMILES string of the molecule is COc1ccc(Cl)cc1NC(=O)[C@@H](C)Sc1nc(N)cc(=O)[nH]1. The van der Waals surface area contributed by atoms with E-state index in [0.29, 0.717) is 16.5 Å². The van der Waals surface area contributed by atoms with Crippen LogP contribution in [-0.2, 0) is 4.79 Å². The molecule has 2 aromatic rings. The van der Waals surface area contributed by atoms with Crippen LogP contribution in [0.25, 0.3) is 0 Å². The normalized spacial score (nSPS) is 11.8. The number of nitrogens with two attached hydrogens (primary N) is 1. The van der Waals surface area contributed by atoms with Gasteiger partial charge in [-0.15, -0.1) is 0 Å². The number of carbonyl (C=O) groups excluding carboxylic acids is 1. The Hall–Kier alpha value is -2.19. The third-order valence-corrected chi connectivity index (χ3v) is 4.04. The number of carbonyl (C=O) groups is 1. The van der Waals surface area contributed by atoms with Gasteiger partial charge in [-0.1, -0.05) is 23.4 Å². The summed E-state index contributed by atoms with van der Waals surface area (Å²) in [7, 11) is 1.50. The minimum Gasteiger partial charge on any atom is -0.495 e. The number of ether oxygens (including phenoxy) is 1. The van der Waals surface area contributed by atoms with Crippen LogP contribution in [0, 0.1) is 0 Å². The molecule has 0 aliphatic rings. The number of rotatable bonds is 5. The highest BCUT2D eigenvalue weighted by Gasteiger charge is 2.18. The van der Waals surface area contributed by atoms with E-state index in [1.807, 2.05) is 0 Å². The maximum Gasteiger partial charge on any atom is 0.253 e. The van der Waals surface area contributed by atoms with Gasteiger partial charge in [-0.2, -0.15) is 0 Å². The first-order valence-corrected chi connectivity index (χ1v) is 7.82. The van der Waals surface area contributed by atoms with E-state index in [0.717, 1.165) is 11.8 Å². The molecule has 2 rings (SSSR count). The number of aromatic amines is 1. The smallest absolute Gasteiger partial charge is 0.253 e. The van der Waals surface area contributed by atoms with Crippen LogP contribution >= 0.6 is 23.4 Å². The molecule has 0 fully saturated rings. The molecular weight excluding hydrogens is 340 g/mol. The van der Waals surface area contributed by atoms with Crippen LogP contribution < -0.4 is 21.3 Å². The molecule has 4 N–H and O–H groups in total. The van der Waals surface area contributed by atoms with E-state index >= 15 is 0 Å². The van der Waals surface area contributed by atoms with Gasteiger partial charge in [0.1, 0.15) is 11.6 Å². The molecule has 1 amide bonds. The number of aromatic nitrogens is 2. The molecule has 1 aromatic carbocycles. The number of nitrogens with one attached hydrogen (secondary N) is 2. The minimum absolute atomic E-state index is 0.0976. The Morgan fingerprint density at radius 2 is 2.22 bits per heavy atom. The molecular formula is C14H15ClN4O3S. The molecule has 0 saturated heterocycles. The van der Waals surface area contributed by atoms with Crippen molar-refractivity contribution < 1.29 is 9.53 Å². The van der Waals surface area contributed by atoms with Crippen molar-refractivity contribution in [3.05, 3.63) is 39.6 Å². The summed E-state index contributed by atoms with van der Waals surface area (Å²) in [5, 5.41) is 2.96. The lowest BCUT2D eigenvalue weighted by Crippen LogP contribution is -2.23. The lowest BCUT2D eigenvalue weighted by molar-refractivity contribution is -0.115. The zero-order valence-electron chi connectivity index (χ0n) is 12.4. The van der Waals surface area contributed by atoms with E-state index in [1.54, 1.807) is 25.1 Å². The van der Waals surface area contributed by atoms with Gasteiger partial charge in [0.25, 0.3) is 5.56 Å². The van der Waals surface area contributed by atoms with E-state index in [-0.39, 0.29) is 22.4 Å². The van der Waals surface area contributed by atoms with Crippen LogP contribution in [0.15, 0.2) is 34.2 Å². The van der Waals surface area contributed by atoms with Gasteiger partial charge < -0.3 is 20.8 Å². The van der Waals surface area contributed by atoms with Gasteiger partial charge in [-0.05, 0) is 25.1 Å². The number of nitrogen functional groups attached to an aromatic ring is 1. The van der Waals surface area contributed by atoms with Crippen molar-refractivity contribution in [2.75, 3.05) is 18.2 Å². The second-order valence-corrected chi connectivity index (χ2v) is 6.34. The summed E-state index contributed by atoms with van der Waals surface area (Å²) in [4.78, 5) is 30.1. The lowest BCUT2D eigenvalue weighted by Gasteiger charge is -2.14. The van der Waals surface area contributed by atoms with Crippen LogP contribution in [0.5, 0.6) is 5.75 Å². The summed E-state index contributed by atoms with van der Waals surface area (Å²) < 4.78 is 5.17. The van der Waals surface area contributed by atoms with Gasteiger partial charge in [0.15, 0.2) is 5.16 Å². The lowest BCUT2D eigenvalue weighted by atomic mass is 10.3. The summed E-state index contributed by atoms with van der Waals surface area (Å²) in [5.74, 6) is 0.302. The van der Waals surface area contributed by atoms with Crippen LogP contribution in [-0.4, -0.2) is 28.2 Å². The van der Waals surface area contributed by atoms with Gasteiger partial charge in [-0.3, -0.25) is 9.59 Å². The fourth-order valence-electron chi connectivity index (χ4n) is 1.74. The quantitative estimate of drug-likeness (QED) is 0.560. The summed E-state index contributed by atoms with van der Waals surface area (Å²) in [6.07, 6.45) is 0. The first-order valence-electron chi connectivity index (χ1n) is 6.57. The number of hydrogen-bond acceptors (Lipinski definition) is 6. The third kappa shape index (κ3) is 4.64. The molecule has 0 saturated carbocycles. The molecule has 0 bridgehead atoms. The molecule has 0 unspecified atom stereocenters. The van der Waals surface area contributed by atoms with E-state index in [2.05, 4.69) is 15.3 Å². The molecule has 1 atom stereocenters. The largest absolute Gasteiger partial charge is 0.495 e. The van der Waals surface area contributed by atoms with Gasteiger partial charge in [0, 0.05) is 11.1 Å². The van der Waals surface area contributed by atoms with E-state index in [4.69, 9.17) is 22.1 Å². The van der Waals surface area contributed by atoms with Gasteiger partial charge in [0.05, 0.1) is 18.0 Å². The van der Waals surface area contributed by atoms with Gasteiger partial charge in [0.2, 0.25) is 5.91 Å². The monoisotopic (exact) mass is 354 g/mol. The predicted molar refractivity (Wildman–Crippen MR) is 91.2 cm³/mol. The first kappa shape index (κ1) is 17.2. The fourth-order valence-corrected chi connectivity index (χ4v) is 2.73. The fraction of sp³-hybridized carbons (Fsp3) is 0.214. The Kier molecular flexibility index (Phi) is 5.51. The minimum atomic E-state index is -0.524. The molecule has 0 aliphatic carbocycles. The summed E-state index contributed by atoms with van der Waals surface area (Å²) in [5.41, 5.74) is 5.61. The van der Waals surface area contributed by atoms with Crippen LogP contribution in [0.2, 0.25) is 5.02 Å². The first-order chi connectivity index (χ1) is 10.9. The molecule has 122 valence electrons. The van der Waals surface area contributed by atoms with Gasteiger partial charge >= 0.3 is 0 Å². The van der Waals surface area contributed by atoms with Crippen molar-refractivity contribution >= 4 is 40.8 Å². The summed E-state index contributed by atoms with van der Waals surface area (Å²) >= 11 is 7.01. The zero-order valence-corrected chi connectivity index (χ0v) is 14.0. The van der Waals surface area contributed by atoms with Crippen LogP contribution in [0.4, 0.5) is 11.5 Å². The average Bonchev–Trinajstić information content (AvgIpc) is 2.46. The predicted octanol–water partition coefficient (Wildman–Crippen LogP) is 2.13. The third-order valence-electron chi connectivity index (χ3n) is 2.82. The molecule has 0 spiro atoms. The van der Waals surface area contributed by atoms with Crippen molar-refractivity contribution in [3.63, 3.8) is 0 Å². The maximum atomic E-state index is 12.3. The Balaban J connectivity index is 2.11. The number of hydrogen-bond donors (Lipinski definition) is 3. The highest BCUT2D eigenvalue weighted by Crippen LogP contribution is 2.29. The topological polar surface area (TPSA) is 110 Å². The standard InChI is InChI=1S/C14H15ClN4O3S/c1-7(23-14-18-11(16)6-12(20)19-14)13(21)17-9-5-8(15)3-4-10(9)22-2/h3-7H,1-2H3,(H,17,21)(H3,16,18,19,20)/t7-/m1/s1. The molecule has 1 aromatic heterocycles. The number of anilines is 2. The summed E-state index contributed by atoms with van der Waals surface area (Å²) in [6.45, 7) is 1.68. The molecule has 0 radical (unpaired) electrons. The highest BCUT2D eigenvalue weighted by molar-refractivity contribution is 8.00. The molecule has 9 heteroatoms. The number of methoxy groups -OCH3 is 1. The average molecular weight is 355 g/mol. The summed E-state index contributed by atoms with van der Waals surface area (Å²) in [6, 6.07) is 6.09. The Morgan fingerprint density at radius 3 is 2.87 bits per heavy atom. The molecule has 0 aliphatic heterocycles. The Labute approximate surface area is 141 Å². The van der Waals surface area contributed by atoms with E-state index < -0.39 is 5.25 Å². The van der Waals surface area contributed by atoms with Crippen LogP contribution in [0.3, 0.4) is 0 Å². The maximum absolute atomic E-state index is 12.3. The number of halogens is 1. The molecule has 7 nitrogen and oxygen atoms in total. The van der Waals surface area contributed by atoms with Crippen molar-refractivity contribution in [1.82, 2.24) is 9.97 Å². The number of amides is 1. The highest BCUT2D eigenvalue weighted by atomic mass is 35.5. The molecule has 1 heterocycles. The van der Waals surface area contributed by atoms with E-state index in [9.17, 15) is 9.59 Å². The van der Waals surface area contributed by atoms with Crippen molar-refractivity contribution in [3.8, 4) is 5.75 Å². The number of H-pyrrole nitrogens is 1. The van der Waals surface area contributed by atoms with Gasteiger partial charge in [-0.25, -0.2) is 4.98 Å². The number of thioether (sulfide) groups is 1. The second kappa shape index (κ2) is 7.38. The van der Waals surface area contributed by atoms with Crippen molar-refractivity contribution in [2.24, 2.45) is 0 Å². The van der Waals surface area contributed by atoms with Crippen molar-refractivity contribution in [1.29, 1.82) is 0 Å². The van der Waals surface area contributed by atoms with Crippen LogP contribution in [0.1, 0.15) is 6.92 Å². The number of benzene rings is 1.